The molecule has 6 nitrogen and oxygen atoms in total. The molecule has 0 unspecified atom stereocenters. The van der Waals surface area contributed by atoms with E-state index in [0.717, 1.165) is 28.6 Å². The van der Waals surface area contributed by atoms with Crippen LogP contribution in [0.5, 0.6) is 5.75 Å². The Morgan fingerprint density at radius 2 is 1.65 bits per heavy atom. The zero-order valence-electron chi connectivity index (χ0n) is 11.9. The summed E-state index contributed by atoms with van der Waals surface area (Å²) in [5.74, 6) is -0.610. The molecule has 1 fully saturated rings. The first-order chi connectivity index (χ1) is 10.5. The van der Waals surface area contributed by atoms with E-state index in [-0.39, 0.29) is 23.7 Å². The van der Waals surface area contributed by atoms with E-state index in [1.54, 1.807) is 0 Å². The summed E-state index contributed by atoms with van der Waals surface area (Å²) in [5.41, 5.74) is 0. The van der Waals surface area contributed by atoms with Crippen molar-refractivity contribution in [3.8, 4) is 5.75 Å². The maximum Gasteiger partial charge on any atom is 0.573 e. The largest absolute Gasteiger partial charge is 0.573 e. The lowest BCUT2D eigenvalue weighted by atomic mass is 10.3. The SMILES string of the molecule is CCS(=O)(=O)C1CN(S(=O)(=O)c2ccc(OC(F)(F)F)cc2)C1. The second kappa shape index (κ2) is 5.95. The highest BCUT2D eigenvalue weighted by Gasteiger charge is 2.42. The Balaban J connectivity index is 2.10. The van der Waals surface area contributed by atoms with E-state index in [1.165, 1.54) is 6.92 Å². The van der Waals surface area contributed by atoms with Crippen LogP contribution >= 0.6 is 0 Å². The number of alkyl halides is 3. The number of sulfone groups is 1. The van der Waals surface area contributed by atoms with E-state index in [4.69, 9.17) is 0 Å². The van der Waals surface area contributed by atoms with Gasteiger partial charge in [-0.2, -0.15) is 4.31 Å². The highest BCUT2D eigenvalue weighted by Crippen LogP contribution is 2.28. The Morgan fingerprint density at radius 1 is 1.13 bits per heavy atom. The van der Waals surface area contributed by atoms with Gasteiger partial charge in [-0.15, -0.1) is 13.2 Å². The maximum absolute atomic E-state index is 12.2. The normalized spacial score (nSPS) is 17.7. The van der Waals surface area contributed by atoms with E-state index in [0.29, 0.717) is 0 Å². The zero-order valence-corrected chi connectivity index (χ0v) is 13.6. The first-order valence-corrected chi connectivity index (χ1v) is 9.69. The number of ether oxygens (including phenoxy) is 1. The molecule has 11 heteroatoms. The number of halogens is 3. The summed E-state index contributed by atoms with van der Waals surface area (Å²) >= 11 is 0. The van der Waals surface area contributed by atoms with Crippen molar-refractivity contribution < 1.29 is 34.7 Å². The highest BCUT2D eigenvalue weighted by molar-refractivity contribution is 7.92. The molecule has 0 atom stereocenters. The van der Waals surface area contributed by atoms with Gasteiger partial charge in [0.1, 0.15) is 5.75 Å². The van der Waals surface area contributed by atoms with Crippen LogP contribution in [0, 0.1) is 0 Å². The van der Waals surface area contributed by atoms with Crippen molar-refractivity contribution in [2.24, 2.45) is 0 Å². The number of hydrogen-bond donors (Lipinski definition) is 0. The topological polar surface area (TPSA) is 80.8 Å². The molecule has 0 bridgehead atoms. The van der Waals surface area contributed by atoms with Crippen molar-refractivity contribution in [2.75, 3.05) is 18.8 Å². The van der Waals surface area contributed by atoms with Crippen molar-refractivity contribution >= 4 is 19.9 Å². The lowest BCUT2D eigenvalue weighted by molar-refractivity contribution is -0.274. The van der Waals surface area contributed by atoms with E-state index >= 15 is 0 Å². The summed E-state index contributed by atoms with van der Waals surface area (Å²) in [5, 5.41) is -0.741. The van der Waals surface area contributed by atoms with Gasteiger partial charge < -0.3 is 4.74 Å². The lowest BCUT2D eigenvalue weighted by Crippen LogP contribution is -2.57. The van der Waals surface area contributed by atoms with Gasteiger partial charge in [0, 0.05) is 18.8 Å². The number of sulfonamides is 1. The fourth-order valence-electron chi connectivity index (χ4n) is 2.02. The molecule has 0 spiro atoms. The van der Waals surface area contributed by atoms with Gasteiger partial charge in [-0.3, -0.25) is 0 Å². The van der Waals surface area contributed by atoms with Gasteiger partial charge in [0.05, 0.1) is 10.1 Å². The monoisotopic (exact) mass is 373 g/mol. The van der Waals surface area contributed by atoms with Crippen molar-refractivity contribution in [1.82, 2.24) is 4.31 Å². The van der Waals surface area contributed by atoms with Gasteiger partial charge in [0.15, 0.2) is 9.84 Å². The van der Waals surface area contributed by atoms with E-state index in [1.807, 2.05) is 0 Å². The van der Waals surface area contributed by atoms with Crippen LogP contribution in [0.1, 0.15) is 6.92 Å². The molecule has 1 aromatic rings. The number of hydrogen-bond acceptors (Lipinski definition) is 5. The average molecular weight is 373 g/mol. The number of nitrogens with zero attached hydrogens (tertiary/aromatic N) is 1. The summed E-state index contributed by atoms with van der Waals surface area (Å²) in [7, 11) is -7.25. The van der Waals surface area contributed by atoms with Crippen molar-refractivity contribution in [3.63, 3.8) is 0 Å². The van der Waals surface area contributed by atoms with Crippen LogP contribution in [0.3, 0.4) is 0 Å². The maximum atomic E-state index is 12.2. The van der Waals surface area contributed by atoms with Crippen LogP contribution in [0.4, 0.5) is 13.2 Å². The Morgan fingerprint density at radius 3 is 2.09 bits per heavy atom. The first-order valence-electron chi connectivity index (χ1n) is 6.53. The Bertz CT molecular complexity index is 766. The predicted molar refractivity (Wildman–Crippen MR) is 75.1 cm³/mol. The summed E-state index contributed by atoms with van der Waals surface area (Å²) in [6.45, 7) is 1.17. The van der Waals surface area contributed by atoms with Crippen molar-refractivity contribution in [3.05, 3.63) is 24.3 Å². The van der Waals surface area contributed by atoms with Crippen LogP contribution < -0.4 is 4.74 Å². The quantitative estimate of drug-likeness (QED) is 0.779. The predicted octanol–water partition coefficient (Wildman–Crippen LogP) is 1.39. The third-order valence-corrected chi connectivity index (χ3v) is 7.38. The van der Waals surface area contributed by atoms with Gasteiger partial charge in [-0.25, -0.2) is 16.8 Å². The molecule has 0 N–H and O–H groups in total. The minimum absolute atomic E-state index is 0.0744. The fraction of sp³-hybridized carbons (Fsp3) is 0.500. The molecule has 0 aliphatic carbocycles. The minimum atomic E-state index is -4.86. The third-order valence-electron chi connectivity index (χ3n) is 3.42. The molecule has 2 rings (SSSR count). The Labute approximate surface area is 131 Å². The molecule has 1 aliphatic rings. The molecule has 0 radical (unpaired) electrons. The van der Waals surface area contributed by atoms with E-state index in [2.05, 4.69) is 4.74 Å². The van der Waals surface area contributed by atoms with Crippen LogP contribution in [-0.4, -0.2) is 51.6 Å². The zero-order chi connectivity index (χ0) is 17.5. The molecule has 0 amide bonds. The summed E-state index contributed by atoms with van der Waals surface area (Å²) in [6.07, 6.45) is -4.86. The van der Waals surface area contributed by atoms with Gasteiger partial charge >= 0.3 is 6.36 Å². The first kappa shape index (κ1) is 18.0. The molecular formula is C12H14F3NO5S2. The molecule has 1 aromatic carbocycles. The van der Waals surface area contributed by atoms with Crippen LogP contribution in [0.15, 0.2) is 29.2 Å². The van der Waals surface area contributed by atoms with Gasteiger partial charge in [-0.1, -0.05) is 6.92 Å². The highest BCUT2D eigenvalue weighted by atomic mass is 32.2. The fourth-order valence-corrected chi connectivity index (χ4v) is 5.03. The van der Waals surface area contributed by atoms with E-state index in [9.17, 15) is 30.0 Å². The summed E-state index contributed by atoms with van der Waals surface area (Å²) < 4.78 is 88.5. The third kappa shape index (κ3) is 3.96. The van der Waals surface area contributed by atoms with Crippen LogP contribution in [0.2, 0.25) is 0 Å². The molecule has 0 aromatic heterocycles. The van der Waals surface area contributed by atoms with Crippen LogP contribution in [0.25, 0.3) is 0 Å². The standard InChI is InChI=1S/C12H14F3NO5S2/c1-2-22(17,18)11-7-16(8-11)23(19,20)10-5-3-9(4-6-10)21-12(13,14)15/h3-6,11H,2,7-8H2,1H3. The average Bonchev–Trinajstić information content (AvgIpc) is 2.35. The van der Waals surface area contributed by atoms with Crippen molar-refractivity contribution in [2.45, 2.75) is 23.4 Å². The molecule has 0 saturated carbocycles. The Hall–Kier alpha value is -1.33. The molecule has 1 aliphatic heterocycles. The van der Waals surface area contributed by atoms with Gasteiger partial charge in [0.2, 0.25) is 10.0 Å². The lowest BCUT2D eigenvalue weighted by Gasteiger charge is -2.37. The number of benzene rings is 1. The molecular weight excluding hydrogens is 359 g/mol. The van der Waals surface area contributed by atoms with Gasteiger partial charge in [-0.05, 0) is 24.3 Å². The van der Waals surface area contributed by atoms with E-state index < -0.39 is 37.2 Å². The summed E-state index contributed by atoms with van der Waals surface area (Å²) in [4.78, 5) is -0.223. The van der Waals surface area contributed by atoms with Crippen molar-refractivity contribution in [1.29, 1.82) is 0 Å². The molecule has 1 saturated heterocycles. The van der Waals surface area contributed by atoms with Crippen LogP contribution in [-0.2, 0) is 19.9 Å². The number of rotatable bonds is 5. The second-order valence-corrected chi connectivity index (χ2v) is 9.42. The molecule has 130 valence electrons. The summed E-state index contributed by atoms with van der Waals surface area (Å²) in [6, 6.07) is 3.75. The second-order valence-electron chi connectivity index (χ2n) is 4.91. The molecule has 1 heterocycles. The Kier molecular flexibility index (Phi) is 4.66. The molecule has 23 heavy (non-hydrogen) atoms. The minimum Gasteiger partial charge on any atom is -0.406 e. The van der Waals surface area contributed by atoms with Gasteiger partial charge in [0.25, 0.3) is 0 Å². The smallest absolute Gasteiger partial charge is 0.406 e.